The molecule has 3 nitrogen and oxygen atoms in total. The first kappa shape index (κ1) is 10.9. The Bertz CT molecular complexity index is 228. The molecule has 1 aromatic rings. The van der Waals surface area contributed by atoms with E-state index in [1.165, 1.54) is 0 Å². The number of aryl methyl sites for hydroxylation is 1. The molecule has 0 spiro atoms. The molecule has 0 unspecified atom stereocenters. The Labute approximate surface area is 73.4 Å². The van der Waals surface area contributed by atoms with Crippen LogP contribution >= 0.6 is 0 Å². The molecular weight excluding hydrogens is 152 g/mol. The quantitative estimate of drug-likeness (QED) is 0.681. The Morgan fingerprint density at radius 1 is 1.33 bits per heavy atom. The highest BCUT2D eigenvalue weighted by molar-refractivity contribution is 5.45. The van der Waals surface area contributed by atoms with Crippen molar-refractivity contribution in [3.8, 4) is 0 Å². The van der Waals surface area contributed by atoms with Crippen molar-refractivity contribution in [2.45, 2.75) is 34.1 Å². The van der Waals surface area contributed by atoms with E-state index in [4.69, 9.17) is 0 Å². The predicted molar refractivity (Wildman–Crippen MR) is 49.7 cm³/mol. The maximum absolute atomic E-state index is 4.54. The summed E-state index contributed by atoms with van der Waals surface area (Å²) in [6, 6.07) is 0. The van der Waals surface area contributed by atoms with Crippen molar-refractivity contribution in [2.24, 2.45) is 0 Å². The molecule has 0 atom stereocenters. The van der Waals surface area contributed by atoms with E-state index in [9.17, 15) is 0 Å². The molecule has 0 radical (unpaired) electrons. The predicted octanol–water partition coefficient (Wildman–Crippen LogP) is 2.69. The van der Waals surface area contributed by atoms with Crippen molar-refractivity contribution >= 4 is 6.08 Å². The van der Waals surface area contributed by atoms with E-state index >= 15 is 0 Å². The summed E-state index contributed by atoms with van der Waals surface area (Å²) < 4.78 is 4.54. The van der Waals surface area contributed by atoms with Crippen molar-refractivity contribution in [1.82, 2.24) is 10.3 Å². The summed E-state index contributed by atoms with van der Waals surface area (Å²) in [7, 11) is 0. The second-order valence-corrected chi connectivity index (χ2v) is 1.95. The van der Waals surface area contributed by atoms with Gasteiger partial charge in [0.05, 0.1) is 0 Å². The minimum atomic E-state index is 0.838. The Kier molecular flexibility index (Phi) is 5.97. The summed E-state index contributed by atoms with van der Waals surface area (Å²) in [6.07, 6.45) is 4.66. The third-order valence-electron chi connectivity index (χ3n) is 1.25. The Hall–Kier alpha value is -1.12. The zero-order chi connectivity index (χ0) is 9.40. The van der Waals surface area contributed by atoms with Crippen LogP contribution in [-0.4, -0.2) is 10.3 Å². The molecule has 0 aliphatic rings. The van der Waals surface area contributed by atoms with E-state index in [2.05, 4.69) is 14.9 Å². The third kappa shape index (κ3) is 2.86. The Morgan fingerprint density at radius 2 is 2.00 bits per heavy atom. The normalized spacial score (nSPS) is 9.67. The number of aromatic nitrogens is 2. The van der Waals surface area contributed by atoms with Gasteiger partial charge in [0.1, 0.15) is 11.4 Å². The second kappa shape index (κ2) is 6.58. The first-order valence-electron chi connectivity index (χ1n) is 4.32. The molecule has 0 aromatic carbocycles. The first-order valence-corrected chi connectivity index (χ1v) is 4.32. The van der Waals surface area contributed by atoms with Crippen molar-refractivity contribution in [1.29, 1.82) is 0 Å². The van der Waals surface area contributed by atoms with Gasteiger partial charge in [0, 0.05) is 0 Å². The molecule has 68 valence electrons. The molecule has 0 aliphatic carbocycles. The second-order valence-electron chi connectivity index (χ2n) is 1.95. The molecule has 12 heavy (non-hydrogen) atoms. The number of hydrogen-bond donors (Lipinski definition) is 0. The fraction of sp³-hybridized carbons (Fsp3) is 0.556. The first-order chi connectivity index (χ1) is 5.88. The maximum Gasteiger partial charge on any atom is 0.130 e. The van der Waals surface area contributed by atoms with Crippen LogP contribution in [0.4, 0.5) is 0 Å². The molecule has 0 fully saturated rings. The van der Waals surface area contributed by atoms with Gasteiger partial charge in [0.25, 0.3) is 0 Å². The van der Waals surface area contributed by atoms with Crippen molar-refractivity contribution in [3.05, 3.63) is 17.5 Å². The lowest BCUT2D eigenvalue weighted by Gasteiger charge is -1.83. The molecule has 1 rings (SSSR count). The average Bonchev–Trinajstić information content (AvgIpc) is 2.56. The highest BCUT2D eigenvalue weighted by Crippen LogP contribution is 2.04. The topological polar surface area (TPSA) is 38.9 Å². The smallest absolute Gasteiger partial charge is 0.130 e. The minimum absolute atomic E-state index is 0.838. The molecular formula is C9H16N2O. The highest BCUT2D eigenvalue weighted by atomic mass is 16.6. The molecule has 1 heterocycles. The number of rotatable bonds is 2. The lowest BCUT2D eigenvalue weighted by atomic mass is 10.2. The SMILES string of the molecule is C/C=C\c1nonc1CC.CC. The van der Waals surface area contributed by atoms with Crippen LogP contribution in [0.15, 0.2) is 10.7 Å². The number of allylic oxidation sites excluding steroid dienone is 1. The number of nitrogens with zero attached hydrogens (tertiary/aromatic N) is 2. The zero-order valence-corrected chi connectivity index (χ0v) is 8.16. The summed E-state index contributed by atoms with van der Waals surface area (Å²) >= 11 is 0. The molecule has 0 bridgehead atoms. The standard InChI is InChI=1S/C7H10N2O.C2H6/c1-3-5-7-6(4-2)8-10-9-7;1-2/h3,5H,4H2,1-2H3;1-2H3/b5-3-;. The molecule has 0 saturated heterocycles. The van der Waals surface area contributed by atoms with Gasteiger partial charge in [-0.05, 0) is 19.4 Å². The van der Waals surface area contributed by atoms with E-state index in [1.54, 1.807) is 0 Å². The Balaban J connectivity index is 0.000000561. The molecule has 0 N–H and O–H groups in total. The number of hydrogen-bond acceptors (Lipinski definition) is 3. The van der Waals surface area contributed by atoms with Gasteiger partial charge >= 0.3 is 0 Å². The van der Waals surface area contributed by atoms with Crippen LogP contribution in [0.3, 0.4) is 0 Å². The van der Waals surface area contributed by atoms with Gasteiger partial charge in [-0.15, -0.1) is 0 Å². The summed E-state index contributed by atoms with van der Waals surface area (Å²) in [5.74, 6) is 0. The van der Waals surface area contributed by atoms with E-state index in [-0.39, 0.29) is 0 Å². The molecule has 0 aliphatic heterocycles. The lowest BCUT2D eigenvalue weighted by Crippen LogP contribution is -1.82. The molecule has 0 amide bonds. The monoisotopic (exact) mass is 168 g/mol. The summed E-state index contributed by atoms with van der Waals surface area (Å²) in [6.45, 7) is 7.96. The fourth-order valence-corrected chi connectivity index (χ4v) is 0.743. The zero-order valence-electron chi connectivity index (χ0n) is 8.16. The van der Waals surface area contributed by atoms with Crippen LogP contribution in [0, 0.1) is 0 Å². The molecule has 1 aromatic heterocycles. The van der Waals surface area contributed by atoms with Crippen LogP contribution < -0.4 is 0 Å². The minimum Gasteiger partial charge on any atom is -0.244 e. The Morgan fingerprint density at radius 3 is 2.50 bits per heavy atom. The third-order valence-corrected chi connectivity index (χ3v) is 1.25. The molecule has 3 heteroatoms. The van der Waals surface area contributed by atoms with Crippen molar-refractivity contribution in [2.75, 3.05) is 0 Å². The van der Waals surface area contributed by atoms with Gasteiger partial charge in [-0.1, -0.05) is 37.2 Å². The van der Waals surface area contributed by atoms with Gasteiger partial charge in [-0.25, -0.2) is 4.63 Å². The van der Waals surface area contributed by atoms with Crippen molar-refractivity contribution < 1.29 is 4.63 Å². The van der Waals surface area contributed by atoms with Crippen LogP contribution in [0.25, 0.3) is 6.08 Å². The maximum atomic E-state index is 4.54. The van der Waals surface area contributed by atoms with Crippen LogP contribution in [-0.2, 0) is 6.42 Å². The van der Waals surface area contributed by atoms with E-state index in [0.29, 0.717) is 0 Å². The van der Waals surface area contributed by atoms with Gasteiger partial charge in [-0.2, -0.15) is 0 Å². The van der Waals surface area contributed by atoms with E-state index in [1.807, 2.05) is 39.8 Å². The van der Waals surface area contributed by atoms with Crippen LogP contribution in [0.5, 0.6) is 0 Å². The van der Waals surface area contributed by atoms with E-state index < -0.39 is 0 Å². The van der Waals surface area contributed by atoms with Gasteiger partial charge in [-0.3, -0.25) is 0 Å². The highest BCUT2D eigenvalue weighted by Gasteiger charge is 2.01. The summed E-state index contributed by atoms with van der Waals surface area (Å²) in [5.41, 5.74) is 1.75. The van der Waals surface area contributed by atoms with Gasteiger partial charge in [0.2, 0.25) is 0 Å². The van der Waals surface area contributed by atoms with Gasteiger partial charge in [0.15, 0.2) is 0 Å². The summed E-state index contributed by atoms with van der Waals surface area (Å²) in [5, 5.41) is 7.42. The largest absolute Gasteiger partial charge is 0.244 e. The van der Waals surface area contributed by atoms with Crippen LogP contribution in [0.2, 0.25) is 0 Å². The van der Waals surface area contributed by atoms with Crippen LogP contribution in [0.1, 0.15) is 39.1 Å². The van der Waals surface area contributed by atoms with E-state index in [0.717, 1.165) is 17.8 Å². The average molecular weight is 168 g/mol. The van der Waals surface area contributed by atoms with Crippen molar-refractivity contribution in [3.63, 3.8) is 0 Å². The fourth-order valence-electron chi connectivity index (χ4n) is 0.743. The molecule has 0 saturated carbocycles. The summed E-state index contributed by atoms with van der Waals surface area (Å²) in [4.78, 5) is 0. The van der Waals surface area contributed by atoms with Gasteiger partial charge < -0.3 is 0 Å². The lowest BCUT2D eigenvalue weighted by molar-refractivity contribution is 0.303.